The average Bonchev–Trinajstić information content (AvgIpc) is 4.03. The predicted octanol–water partition coefficient (Wildman–Crippen LogP) is 8.06. The highest BCUT2D eigenvalue weighted by Crippen LogP contribution is 2.56. The van der Waals surface area contributed by atoms with Crippen molar-refractivity contribution >= 4 is 39.6 Å². The van der Waals surface area contributed by atoms with E-state index in [1.165, 1.54) is 50.3 Å². The number of ether oxygens (including phenoxy) is 1. The van der Waals surface area contributed by atoms with Crippen LogP contribution in [0.1, 0.15) is 107 Å². The fraction of sp³-hybridized carbons (Fsp3) is 0.395. The molecule has 0 radical (unpaired) electrons. The molecule has 12 heteroatoms. The lowest BCUT2D eigenvalue weighted by atomic mass is 9.83. The first-order chi connectivity index (χ1) is 26.6. The number of amides is 2. The second kappa shape index (κ2) is 15.5. The molecular weight excluding hydrogens is 695 g/mol. The molecule has 1 spiro atoms. The zero-order valence-corrected chi connectivity index (χ0v) is 32.0. The Morgan fingerprint density at radius 1 is 1.15 bits per heavy atom. The fourth-order valence-electron chi connectivity index (χ4n) is 8.79. The first-order valence-corrected chi connectivity index (χ1v) is 19.1. The van der Waals surface area contributed by atoms with Crippen LogP contribution >= 0.6 is 0 Å². The number of carbonyl (C=O) groups is 2. The number of nitrogens with one attached hydrogen (secondary N) is 3. The van der Waals surface area contributed by atoms with Gasteiger partial charge in [0.15, 0.2) is 5.76 Å². The molecule has 2 aliphatic carbocycles. The van der Waals surface area contributed by atoms with E-state index >= 15 is 0 Å². The number of fused-ring (bicyclic) bond motifs is 1. The van der Waals surface area contributed by atoms with Crippen LogP contribution in [0.25, 0.3) is 27.6 Å². The van der Waals surface area contributed by atoms with Gasteiger partial charge in [-0.3, -0.25) is 9.59 Å². The minimum Gasteiger partial charge on any atom is -0.453 e. The maximum absolute atomic E-state index is 13.7. The van der Waals surface area contributed by atoms with Crippen LogP contribution in [0.15, 0.2) is 88.8 Å². The molecule has 7 rings (SSSR count). The van der Waals surface area contributed by atoms with Crippen LogP contribution in [0, 0.1) is 11.3 Å². The van der Waals surface area contributed by atoms with Crippen molar-refractivity contribution in [3.63, 3.8) is 0 Å². The summed E-state index contributed by atoms with van der Waals surface area (Å²) in [6.45, 7) is 15.0. The van der Waals surface area contributed by atoms with E-state index in [9.17, 15) is 14.4 Å². The molecule has 2 amide bonds. The molecule has 1 aliphatic heterocycles. The van der Waals surface area contributed by atoms with E-state index in [0.29, 0.717) is 29.0 Å². The molecule has 0 bridgehead atoms. The maximum Gasteiger partial charge on any atom is 0.407 e. The van der Waals surface area contributed by atoms with Crippen LogP contribution in [-0.4, -0.2) is 61.7 Å². The molecule has 1 saturated heterocycles. The van der Waals surface area contributed by atoms with Gasteiger partial charge in [-0.05, 0) is 96.8 Å². The predicted molar refractivity (Wildman–Crippen MR) is 212 cm³/mol. The molecule has 2 saturated carbocycles. The summed E-state index contributed by atoms with van der Waals surface area (Å²) in [4.78, 5) is 55.5. The lowest BCUT2D eigenvalue weighted by molar-refractivity contribution is -0.135. The standard InChI is InChI=1S/C43H49N7O5/c1-7-29(27-13-14-34-31(19-27)40(51)46-24-45-34)32-21-43(15-9-10-16-43)20-28(32)18-26(5)33-22-47-55-38(33)30(8-2)35-23-44-39(48-35)36-12-11-17-50(36)41(52)37(25(3)4)49-42(53)54-6/h7-8,13-14,18-19,22-25,36-37H,1,5,9-12,15-17,20-21H2,2-4,6H3,(H,44,48)(H,49,53)(H,45,46,51). The van der Waals surface area contributed by atoms with Crippen molar-refractivity contribution in [2.75, 3.05) is 13.7 Å². The number of benzene rings is 1. The highest BCUT2D eigenvalue weighted by molar-refractivity contribution is 5.90. The number of imidazole rings is 1. The first-order valence-electron chi connectivity index (χ1n) is 19.1. The summed E-state index contributed by atoms with van der Waals surface area (Å²) in [5.74, 6) is 0.922. The number of rotatable bonds is 10. The normalized spacial score (nSPS) is 20.5. The average molecular weight is 744 g/mol. The van der Waals surface area contributed by atoms with Crippen molar-refractivity contribution in [2.45, 2.75) is 84.2 Å². The molecule has 55 heavy (non-hydrogen) atoms. The molecule has 3 fully saturated rings. The lowest BCUT2D eigenvalue weighted by Crippen LogP contribution is -2.51. The molecule has 12 nitrogen and oxygen atoms in total. The highest BCUT2D eigenvalue weighted by atomic mass is 16.5. The van der Waals surface area contributed by atoms with Gasteiger partial charge in [0.05, 0.1) is 48.5 Å². The smallest absolute Gasteiger partial charge is 0.407 e. The molecule has 4 heterocycles. The van der Waals surface area contributed by atoms with E-state index in [1.807, 2.05) is 51.1 Å². The Balaban J connectivity index is 1.19. The van der Waals surface area contributed by atoms with Gasteiger partial charge in [0.2, 0.25) is 5.91 Å². The quantitative estimate of drug-likeness (QED) is 0.147. The second-order valence-corrected chi connectivity index (χ2v) is 15.3. The van der Waals surface area contributed by atoms with Crippen LogP contribution in [-0.2, 0) is 9.53 Å². The first kappa shape index (κ1) is 37.5. The van der Waals surface area contributed by atoms with Gasteiger partial charge in [-0.25, -0.2) is 14.8 Å². The van der Waals surface area contributed by atoms with Gasteiger partial charge in [-0.15, -0.1) is 0 Å². The summed E-state index contributed by atoms with van der Waals surface area (Å²) in [5.41, 5.74) is 8.05. The number of H-pyrrole nitrogens is 2. The number of aromatic nitrogens is 5. The monoisotopic (exact) mass is 743 g/mol. The summed E-state index contributed by atoms with van der Waals surface area (Å²) >= 11 is 0. The van der Waals surface area contributed by atoms with Crippen molar-refractivity contribution < 1.29 is 18.8 Å². The van der Waals surface area contributed by atoms with E-state index < -0.39 is 12.1 Å². The van der Waals surface area contributed by atoms with Gasteiger partial charge in [-0.2, -0.15) is 0 Å². The fourth-order valence-corrected chi connectivity index (χ4v) is 8.79. The Hall–Kier alpha value is -5.78. The molecule has 3 aliphatic rings. The van der Waals surface area contributed by atoms with E-state index in [1.54, 1.807) is 17.3 Å². The third kappa shape index (κ3) is 7.25. The van der Waals surface area contributed by atoms with E-state index in [-0.39, 0.29) is 28.8 Å². The zero-order chi connectivity index (χ0) is 38.9. The van der Waals surface area contributed by atoms with Crippen LogP contribution in [0.4, 0.5) is 4.79 Å². The molecular formula is C43H49N7O5. The van der Waals surface area contributed by atoms with Crippen molar-refractivity contribution in [3.8, 4) is 0 Å². The summed E-state index contributed by atoms with van der Waals surface area (Å²) in [5, 5.41) is 7.47. The number of carbonyl (C=O) groups excluding carboxylic acids is 2. The van der Waals surface area contributed by atoms with Gasteiger partial charge in [0, 0.05) is 17.7 Å². The summed E-state index contributed by atoms with van der Waals surface area (Å²) in [6, 6.07) is 4.82. The van der Waals surface area contributed by atoms with E-state index in [0.717, 1.165) is 59.2 Å². The van der Waals surface area contributed by atoms with E-state index in [4.69, 9.17) is 14.2 Å². The zero-order valence-electron chi connectivity index (χ0n) is 32.0. The number of nitrogens with zero attached hydrogens (tertiary/aromatic N) is 4. The Morgan fingerprint density at radius 3 is 2.67 bits per heavy atom. The highest BCUT2D eigenvalue weighted by Gasteiger charge is 2.42. The number of alkyl carbamates (subject to hydrolysis) is 1. The molecule has 3 aromatic heterocycles. The Labute approximate surface area is 320 Å². The number of aromatic amines is 2. The molecule has 1 aromatic carbocycles. The third-order valence-electron chi connectivity index (χ3n) is 11.6. The largest absolute Gasteiger partial charge is 0.453 e. The molecule has 2 atom stereocenters. The number of allylic oxidation sites excluding steroid dienone is 7. The Morgan fingerprint density at radius 2 is 1.95 bits per heavy atom. The lowest BCUT2D eigenvalue weighted by Gasteiger charge is -2.30. The molecule has 4 aromatic rings. The summed E-state index contributed by atoms with van der Waals surface area (Å²) in [6.07, 6.45) is 18.4. The van der Waals surface area contributed by atoms with Crippen molar-refractivity contribution in [3.05, 3.63) is 118 Å². The SMILES string of the molecule is C=CC(=C1CC2(CCCC2)CC1=CC(=C)c1cnoc1C(=CC)c1cnc(C2CCCN2C(=O)C(NC(=O)OC)C(C)C)[nH]1)c1ccc2nc[nH]c(=O)c2c1. The van der Waals surface area contributed by atoms with Crippen LogP contribution in [0.5, 0.6) is 0 Å². The Kier molecular flexibility index (Phi) is 10.6. The number of hydrogen-bond donors (Lipinski definition) is 3. The number of methoxy groups -OCH3 is 1. The summed E-state index contributed by atoms with van der Waals surface area (Å²) < 4.78 is 10.7. The topological polar surface area (TPSA) is 159 Å². The Bertz CT molecular complexity index is 2300. The minimum absolute atomic E-state index is 0.132. The molecule has 2 unspecified atom stereocenters. The second-order valence-electron chi connectivity index (χ2n) is 15.3. The number of likely N-dealkylation sites (tertiary alicyclic amines) is 1. The van der Waals surface area contributed by atoms with Crippen LogP contribution in [0.3, 0.4) is 0 Å². The third-order valence-corrected chi connectivity index (χ3v) is 11.6. The van der Waals surface area contributed by atoms with Gasteiger partial charge >= 0.3 is 6.09 Å². The van der Waals surface area contributed by atoms with Gasteiger partial charge in [0.1, 0.15) is 11.9 Å². The van der Waals surface area contributed by atoms with Crippen molar-refractivity contribution in [1.29, 1.82) is 0 Å². The number of hydrogen-bond acceptors (Lipinski definition) is 8. The van der Waals surface area contributed by atoms with Gasteiger partial charge in [-0.1, -0.05) is 69.3 Å². The van der Waals surface area contributed by atoms with Crippen molar-refractivity contribution in [2.24, 2.45) is 11.3 Å². The summed E-state index contributed by atoms with van der Waals surface area (Å²) in [7, 11) is 1.29. The van der Waals surface area contributed by atoms with E-state index in [2.05, 4.69) is 44.7 Å². The van der Waals surface area contributed by atoms with Crippen LogP contribution in [0.2, 0.25) is 0 Å². The van der Waals surface area contributed by atoms with Gasteiger partial charge < -0.3 is 29.4 Å². The van der Waals surface area contributed by atoms with Crippen LogP contribution < -0.4 is 10.9 Å². The molecule has 286 valence electrons. The van der Waals surface area contributed by atoms with Gasteiger partial charge in [0.25, 0.3) is 5.56 Å². The van der Waals surface area contributed by atoms with Crippen molar-refractivity contribution in [1.82, 2.24) is 35.3 Å². The minimum atomic E-state index is -0.721. The maximum atomic E-state index is 13.7. The molecule has 3 N–H and O–H groups in total.